The third kappa shape index (κ3) is 1.77. The van der Waals surface area contributed by atoms with Crippen LogP contribution in [0, 0.1) is 35.0 Å². The summed E-state index contributed by atoms with van der Waals surface area (Å²) in [5.74, 6) is 5.14. The zero-order valence-electron chi connectivity index (χ0n) is 13.0. The third-order valence-corrected chi connectivity index (χ3v) is 8.00. The lowest BCUT2D eigenvalue weighted by Gasteiger charge is -2.59. The van der Waals surface area contributed by atoms with Gasteiger partial charge in [0.15, 0.2) is 0 Å². The fourth-order valence-electron chi connectivity index (χ4n) is 7.44. The van der Waals surface area contributed by atoms with Gasteiger partial charge in [0.2, 0.25) is 0 Å². The second kappa shape index (κ2) is 4.24. The number of ether oxygens (including phenoxy) is 1. The lowest BCUT2D eigenvalue weighted by Crippen LogP contribution is -2.52. The number of fused-ring (bicyclic) bond motifs is 2. The minimum Gasteiger partial charge on any atom is -0.374 e. The summed E-state index contributed by atoms with van der Waals surface area (Å²) < 4.78 is 6.73. The van der Waals surface area contributed by atoms with E-state index in [0.29, 0.717) is 17.6 Å². The standard InChI is InChI=1S/C19H30O/c1-12(20-18-8-13-2-3-17(18)7-13)19-9-14-4-15(10-19)6-16(5-14)11-19/h12-18H,2-11H2,1H3. The Labute approximate surface area is 123 Å². The van der Waals surface area contributed by atoms with Crippen molar-refractivity contribution in [3.63, 3.8) is 0 Å². The van der Waals surface area contributed by atoms with Gasteiger partial charge < -0.3 is 4.74 Å². The van der Waals surface area contributed by atoms with Crippen LogP contribution in [0.4, 0.5) is 0 Å². The van der Waals surface area contributed by atoms with Gasteiger partial charge in [-0.2, -0.15) is 0 Å². The summed E-state index contributed by atoms with van der Waals surface area (Å²) in [5, 5.41) is 0. The molecule has 0 saturated heterocycles. The van der Waals surface area contributed by atoms with Crippen LogP contribution in [0.2, 0.25) is 0 Å². The minimum absolute atomic E-state index is 0.542. The van der Waals surface area contributed by atoms with Crippen LogP contribution >= 0.6 is 0 Å². The van der Waals surface area contributed by atoms with Crippen molar-refractivity contribution in [1.82, 2.24) is 0 Å². The van der Waals surface area contributed by atoms with E-state index in [1.54, 1.807) is 19.3 Å². The molecule has 112 valence electrons. The van der Waals surface area contributed by atoms with Crippen LogP contribution in [0.5, 0.6) is 0 Å². The van der Waals surface area contributed by atoms with Gasteiger partial charge in [-0.15, -0.1) is 0 Å². The van der Waals surface area contributed by atoms with Gasteiger partial charge in [0, 0.05) is 0 Å². The van der Waals surface area contributed by atoms with E-state index in [-0.39, 0.29) is 0 Å². The first-order chi connectivity index (χ1) is 9.70. The first-order valence-corrected chi connectivity index (χ1v) is 9.36. The van der Waals surface area contributed by atoms with Crippen LogP contribution in [0.25, 0.3) is 0 Å². The van der Waals surface area contributed by atoms with Crippen molar-refractivity contribution >= 4 is 0 Å². The third-order valence-electron chi connectivity index (χ3n) is 8.00. The van der Waals surface area contributed by atoms with Gasteiger partial charge in [0.1, 0.15) is 0 Å². The van der Waals surface area contributed by atoms with E-state index in [1.807, 2.05) is 0 Å². The molecule has 6 fully saturated rings. The first-order valence-electron chi connectivity index (χ1n) is 9.36. The predicted octanol–water partition coefficient (Wildman–Crippen LogP) is 4.80. The highest BCUT2D eigenvalue weighted by atomic mass is 16.5. The van der Waals surface area contributed by atoms with E-state index in [2.05, 4.69) is 6.92 Å². The van der Waals surface area contributed by atoms with E-state index in [0.717, 1.165) is 29.6 Å². The van der Waals surface area contributed by atoms with Gasteiger partial charge in [-0.1, -0.05) is 0 Å². The molecule has 4 atom stereocenters. The molecule has 0 aliphatic heterocycles. The summed E-state index contributed by atoms with van der Waals surface area (Å²) in [4.78, 5) is 0. The Morgan fingerprint density at radius 1 is 0.800 bits per heavy atom. The molecule has 0 aromatic rings. The topological polar surface area (TPSA) is 9.23 Å². The molecule has 6 aliphatic carbocycles. The van der Waals surface area contributed by atoms with Crippen molar-refractivity contribution in [3.05, 3.63) is 0 Å². The Bertz CT molecular complexity index is 365. The Hall–Kier alpha value is -0.0400. The fourth-order valence-corrected chi connectivity index (χ4v) is 7.44. The average molecular weight is 274 g/mol. The van der Waals surface area contributed by atoms with Gasteiger partial charge in [-0.25, -0.2) is 0 Å². The molecular weight excluding hydrogens is 244 g/mol. The lowest BCUT2D eigenvalue weighted by atomic mass is 9.48. The molecule has 0 heterocycles. The van der Waals surface area contributed by atoms with E-state index < -0.39 is 0 Å². The van der Waals surface area contributed by atoms with Crippen molar-refractivity contribution in [1.29, 1.82) is 0 Å². The molecule has 0 radical (unpaired) electrons. The average Bonchev–Trinajstić information content (AvgIpc) is 2.99. The molecule has 1 nitrogen and oxygen atoms in total. The SMILES string of the molecule is CC(OC1CC2CCC1C2)C12CC3CC(CC(C3)C1)C2. The fraction of sp³-hybridized carbons (Fsp3) is 1.00. The smallest absolute Gasteiger partial charge is 0.0609 e. The Morgan fingerprint density at radius 2 is 1.45 bits per heavy atom. The Morgan fingerprint density at radius 3 is 1.95 bits per heavy atom. The molecule has 20 heavy (non-hydrogen) atoms. The maximum Gasteiger partial charge on any atom is 0.0609 e. The zero-order chi connectivity index (χ0) is 13.3. The van der Waals surface area contributed by atoms with Crippen molar-refractivity contribution in [2.24, 2.45) is 35.0 Å². The molecule has 0 spiro atoms. The van der Waals surface area contributed by atoms with Gasteiger partial charge >= 0.3 is 0 Å². The van der Waals surface area contributed by atoms with Crippen LogP contribution in [-0.4, -0.2) is 12.2 Å². The van der Waals surface area contributed by atoms with E-state index in [9.17, 15) is 0 Å². The maximum absolute atomic E-state index is 6.73. The van der Waals surface area contributed by atoms with Gasteiger partial charge in [0.25, 0.3) is 0 Å². The van der Waals surface area contributed by atoms with Crippen molar-refractivity contribution in [2.45, 2.75) is 83.3 Å². The normalized spacial score (nSPS) is 57.5. The molecule has 4 unspecified atom stereocenters. The quantitative estimate of drug-likeness (QED) is 0.718. The monoisotopic (exact) mass is 274 g/mol. The number of hydrogen-bond donors (Lipinski definition) is 0. The van der Waals surface area contributed by atoms with Crippen LogP contribution in [-0.2, 0) is 4.74 Å². The summed E-state index contributed by atoms with van der Waals surface area (Å²) in [7, 11) is 0. The molecule has 6 saturated carbocycles. The van der Waals surface area contributed by atoms with E-state index >= 15 is 0 Å². The molecule has 6 rings (SSSR count). The molecule has 0 N–H and O–H groups in total. The minimum atomic E-state index is 0.542. The highest BCUT2D eigenvalue weighted by Crippen LogP contribution is 2.62. The van der Waals surface area contributed by atoms with E-state index in [4.69, 9.17) is 4.74 Å². The van der Waals surface area contributed by atoms with Gasteiger partial charge in [-0.3, -0.25) is 0 Å². The number of rotatable bonds is 3. The zero-order valence-corrected chi connectivity index (χ0v) is 13.0. The summed E-state index contributed by atoms with van der Waals surface area (Å²) in [6, 6.07) is 0. The maximum atomic E-state index is 6.73. The van der Waals surface area contributed by atoms with Crippen LogP contribution in [0.15, 0.2) is 0 Å². The molecule has 1 heteroatoms. The van der Waals surface area contributed by atoms with Gasteiger partial charge in [-0.05, 0) is 106 Å². The molecule has 0 aromatic heterocycles. The van der Waals surface area contributed by atoms with Crippen molar-refractivity contribution in [2.75, 3.05) is 0 Å². The van der Waals surface area contributed by atoms with Crippen molar-refractivity contribution < 1.29 is 4.74 Å². The van der Waals surface area contributed by atoms with Crippen LogP contribution < -0.4 is 0 Å². The van der Waals surface area contributed by atoms with E-state index in [1.165, 1.54) is 44.9 Å². The second-order valence-electron chi connectivity index (χ2n) is 9.27. The highest BCUT2D eigenvalue weighted by molar-refractivity contribution is 5.04. The summed E-state index contributed by atoms with van der Waals surface area (Å²) in [6.45, 7) is 2.44. The molecular formula is C19H30O. The lowest BCUT2D eigenvalue weighted by molar-refractivity contribution is -0.161. The Balaban J connectivity index is 1.32. The highest BCUT2D eigenvalue weighted by Gasteiger charge is 2.54. The summed E-state index contributed by atoms with van der Waals surface area (Å²) in [5.41, 5.74) is 0.594. The largest absolute Gasteiger partial charge is 0.374 e. The summed E-state index contributed by atoms with van der Waals surface area (Å²) >= 11 is 0. The molecule has 6 aliphatic rings. The molecule has 0 amide bonds. The van der Waals surface area contributed by atoms with Crippen molar-refractivity contribution in [3.8, 4) is 0 Å². The second-order valence-corrected chi connectivity index (χ2v) is 9.27. The van der Waals surface area contributed by atoms with Crippen LogP contribution in [0.3, 0.4) is 0 Å². The van der Waals surface area contributed by atoms with Crippen LogP contribution in [0.1, 0.15) is 71.1 Å². The number of hydrogen-bond acceptors (Lipinski definition) is 1. The van der Waals surface area contributed by atoms with Gasteiger partial charge in [0.05, 0.1) is 12.2 Å². The predicted molar refractivity (Wildman–Crippen MR) is 80.4 cm³/mol. The Kier molecular flexibility index (Phi) is 2.65. The molecule has 0 aromatic carbocycles. The summed E-state index contributed by atoms with van der Waals surface area (Å²) in [6.07, 6.45) is 16.2. The molecule has 6 bridgehead atoms. The first kappa shape index (κ1) is 12.5.